The molecule has 0 fully saturated rings. The summed E-state index contributed by atoms with van der Waals surface area (Å²) in [4.78, 5) is 18.0. The lowest BCUT2D eigenvalue weighted by Gasteiger charge is -2.21. The Bertz CT molecular complexity index is 398. The van der Waals surface area contributed by atoms with Gasteiger partial charge in [-0.15, -0.1) is 0 Å². The van der Waals surface area contributed by atoms with Gasteiger partial charge in [0.15, 0.2) is 0 Å². The highest BCUT2D eigenvalue weighted by atomic mass is 16.5. The van der Waals surface area contributed by atoms with Gasteiger partial charge >= 0.3 is 0 Å². The molecule has 0 aliphatic carbocycles. The van der Waals surface area contributed by atoms with E-state index < -0.39 is 0 Å². The molecule has 0 spiro atoms. The van der Waals surface area contributed by atoms with Gasteiger partial charge in [0.05, 0.1) is 13.2 Å². The molecule has 6 nitrogen and oxygen atoms in total. The summed E-state index contributed by atoms with van der Waals surface area (Å²) in [5.41, 5.74) is 0.364. The Morgan fingerprint density at radius 2 is 2.26 bits per heavy atom. The summed E-state index contributed by atoms with van der Waals surface area (Å²) in [7, 11) is 1.58. The van der Waals surface area contributed by atoms with Crippen molar-refractivity contribution in [1.82, 2.24) is 9.88 Å². The van der Waals surface area contributed by atoms with Crippen molar-refractivity contribution in [1.29, 1.82) is 0 Å². The monoisotopic (exact) mass is 267 g/mol. The van der Waals surface area contributed by atoms with Crippen LogP contribution in [-0.4, -0.2) is 60.9 Å². The third-order valence-corrected chi connectivity index (χ3v) is 2.55. The number of ether oxygens (including phenoxy) is 1. The van der Waals surface area contributed by atoms with Crippen LogP contribution in [0.4, 0.5) is 5.82 Å². The molecule has 0 aliphatic heterocycles. The molecule has 0 unspecified atom stereocenters. The predicted octanol–water partition coefficient (Wildman–Crippen LogP) is 0.594. The van der Waals surface area contributed by atoms with Crippen LogP contribution in [0.5, 0.6) is 0 Å². The molecular weight excluding hydrogens is 246 g/mol. The predicted molar refractivity (Wildman–Crippen MR) is 73.3 cm³/mol. The molecule has 1 aromatic heterocycles. The average Bonchev–Trinajstić information content (AvgIpc) is 2.43. The SMILES string of the molecule is CCNc1cccc(C(=O)N(CCO)CCOC)n1. The first-order chi connectivity index (χ1) is 9.22. The Kier molecular flexibility index (Phi) is 6.84. The normalized spacial score (nSPS) is 10.3. The minimum Gasteiger partial charge on any atom is -0.395 e. The Labute approximate surface area is 113 Å². The molecule has 0 atom stereocenters. The van der Waals surface area contributed by atoms with E-state index in [-0.39, 0.29) is 19.1 Å². The molecule has 1 heterocycles. The van der Waals surface area contributed by atoms with Crippen LogP contribution < -0.4 is 5.32 Å². The van der Waals surface area contributed by atoms with E-state index in [1.54, 1.807) is 19.2 Å². The van der Waals surface area contributed by atoms with E-state index in [4.69, 9.17) is 9.84 Å². The number of carbonyl (C=O) groups is 1. The van der Waals surface area contributed by atoms with Crippen LogP contribution in [0.25, 0.3) is 0 Å². The summed E-state index contributed by atoms with van der Waals surface area (Å²) in [5.74, 6) is 0.467. The van der Waals surface area contributed by atoms with Crippen molar-refractivity contribution in [3.05, 3.63) is 23.9 Å². The van der Waals surface area contributed by atoms with Gasteiger partial charge in [-0.2, -0.15) is 0 Å². The van der Waals surface area contributed by atoms with Crippen molar-refractivity contribution in [2.24, 2.45) is 0 Å². The second-order valence-electron chi connectivity index (χ2n) is 3.95. The molecule has 0 aromatic carbocycles. The van der Waals surface area contributed by atoms with E-state index in [1.807, 2.05) is 13.0 Å². The largest absolute Gasteiger partial charge is 0.395 e. The highest BCUT2D eigenvalue weighted by Crippen LogP contribution is 2.07. The zero-order valence-corrected chi connectivity index (χ0v) is 11.4. The van der Waals surface area contributed by atoms with Crippen LogP contribution in [0.15, 0.2) is 18.2 Å². The number of aliphatic hydroxyl groups is 1. The molecule has 0 saturated heterocycles. The third-order valence-electron chi connectivity index (χ3n) is 2.55. The molecule has 0 radical (unpaired) electrons. The number of nitrogens with one attached hydrogen (secondary N) is 1. The fourth-order valence-electron chi connectivity index (χ4n) is 1.63. The van der Waals surface area contributed by atoms with Crippen LogP contribution in [0.1, 0.15) is 17.4 Å². The van der Waals surface area contributed by atoms with Crippen LogP contribution in [0.2, 0.25) is 0 Å². The number of methoxy groups -OCH3 is 1. The zero-order chi connectivity index (χ0) is 14.1. The lowest BCUT2D eigenvalue weighted by atomic mass is 10.3. The molecular formula is C13H21N3O3. The highest BCUT2D eigenvalue weighted by molar-refractivity contribution is 5.92. The van der Waals surface area contributed by atoms with Crippen molar-refractivity contribution >= 4 is 11.7 Å². The molecule has 6 heteroatoms. The molecule has 106 valence electrons. The number of hydrogen-bond acceptors (Lipinski definition) is 5. The van der Waals surface area contributed by atoms with Crippen molar-refractivity contribution in [2.45, 2.75) is 6.92 Å². The molecule has 0 aliphatic rings. The minimum absolute atomic E-state index is 0.0810. The standard InChI is InChI=1S/C13H21N3O3/c1-3-14-12-6-4-5-11(15-12)13(18)16(7-9-17)8-10-19-2/h4-6,17H,3,7-10H2,1-2H3,(H,14,15). The summed E-state index contributed by atoms with van der Waals surface area (Å²) in [6.07, 6.45) is 0. The van der Waals surface area contributed by atoms with Crippen molar-refractivity contribution < 1.29 is 14.6 Å². The Morgan fingerprint density at radius 3 is 2.89 bits per heavy atom. The maximum absolute atomic E-state index is 12.3. The summed E-state index contributed by atoms with van der Waals surface area (Å²) in [5, 5.41) is 12.1. The topological polar surface area (TPSA) is 74.7 Å². The fraction of sp³-hybridized carbons (Fsp3) is 0.538. The summed E-state index contributed by atoms with van der Waals surface area (Å²) >= 11 is 0. The first-order valence-electron chi connectivity index (χ1n) is 6.33. The molecule has 1 amide bonds. The van der Waals surface area contributed by atoms with E-state index >= 15 is 0 Å². The maximum atomic E-state index is 12.3. The van der Waals surface area contributed by atoms with Gasteiger partial charge < -0.3 is 20.1 Å². The maximum Gasteiger partial charge on any atom is 0.272 e. The van der Waals surface area contributed by atoms with E-state index in [1.165, 1.54) is 4.90 Å². The van der Waals surface area contributed by atoms with Crippen molar-refractivity contribution in [3.8, 4) is 0 Å². The van der Waals surface area contributed by atoms with Gasteiger partial charge in [-0.25, -0.2) is 4.98 Å². The summed E-state index contributed by atoms with van der Waals surface area (Å²) < 4.78 is 4.96. The van der Waals surface area contributed by atoms with Gasteiger partial charge in [0.25, 0.3) is 5.91 Å². The van der Waals surface area contributed by atoms with E-state index in [2.05, 4.69) is 10.3 Å². The number of nitrogens with zero attached hydrogens (tertiary/aromatic N) is 2. The Balaban J connectivity index is 2.79. The minimum atomic E-state index is -0.203. The van der Waals surface area contributed by atoms with E-state index in [0.717, 1.165) is 6.54 Å². The van der Waals surface area contributed by atoms with Crippen molar-refractivity contribution in [2.75, 3.05) is 45.3 Å². The Morgan fingerprint density at radius 1 is 1.47 bits per heavy atom. The summed E-state index contributed by atoms with van der Waals surface area (Å²) in [6, 6.07) is 5.26. The van der Waals surface area contributed by atoms with Gasteiger partial charge in [-0.3, -0.25) is 4.79 Å². The van der Waals surface area contributed by atoms with E-state index in [9.17, 15) is 4.79 Å². The van der Waals surface area contributed by atoms with Crippen LogP contribution >= 0.6 is 0 Å². The number of anilines is 1. The second-order valence-corrected chi connectivity index (χ2v) is 3.95. The fourth-order valence-corrected chi connectivity index (χ4v) is 1.63. The molecule has 19 heavy (non-hydrogen) atoms. The first kappa shape index (κ1) is 15.4. The first-order valence-corrected chi connectivity index (χ1v) is 6.33. The van der Waals surface area contributed by atoms with Crippen LogP contribution in [0.3, 0.4) is 0 Å². The Hall–Kier alpha value is -1.66. The zero-order valence-electron chi connectivity index (χ0n) is 11.4. The highest BCUT2D eigenvalue weighted by Gasteiger charge is 2.16. The number of aliphatic hydroxyl groups excluding tert-OH is 1. The number of pyridine rings is 1. The number of rotatable bonds is 8. The molecule has 1 rings (SSSR count). The quantitative estimate of drug-likeness (QED) is 0.721. The van der Waals surface area contributed by atoms with Crippen LogP contribution in [-0.2, 0) is 4.74 Å². The van der Waals surface area contributed by atoms with Gasteiger partial charge in [0.2, 0.25) is 0 Å². The second kappa shape index (κ2) is 8.44. The van der Waals surface area contributed by atoms with Gasteiger partial charge in [0.1, 0.15) is 11.5 Å². The van der Waals surface area contributed by atoms with E-state index in [0.29, 0.717) is 24.7 Å². The smallest absolute Gasteiger partial charge is 0.272 e. The average molecular weight is 267 g/mol. The molecule has 1 aromatic rings. The van der Waals surface area contributed by atoms with Gasteiger partial charge in [-0.1, -0.05) is 6.07 Å². The lowest BCUT2D eigenvalue weighted by Crippen LogP contribution is -2.36. The molecule has 2 N–H and O–H groups in total. The number of amides is 1. The number of aromatic nitrogens is 1. The molecule has 0 bridgehead atoms. The molecule has 0 saturated carbocycles. The van der Waals surface area contributed by atoms with Gasteiger partial charge in [-0.05, 0) is 19.1 Å². The van der Waals surface area contributed by atoms with Crippen molar-refractivity contribution in [3.63, 3.8) is 0 Å². The number of hydrogen-bond donors (Lipinski definition) is 2. The van der Waals surface area contributed by atoms with Gasteiger partial charge in [0, 0.05) is 26.7 Å². The van der Waals surface area contributed by atoms with Crippen LogP contribution in [0, 0.1) is 0 Å². The lowest BCUT2D eigenvalue weighted by molar-refractivity contribution is 0.0651. The number of carbonyl (C=O) groups excluding carboxylic acids is 1. The summed E-state index contributed by atoms with van der Waals surface area (Å²) in [6.45, 7) is 3.76. The third kappa shape index (κ3) is 4.84.